The fourth-order valence-corrected chi connectivity index (χ4v) is 2.62. The van der Waals surface area contributed by atoms with Crippen LogP contribution in [0, 0.1) is 0 Å². The number of amides is 2. The van der Waals surface area contributed by atoms with E-state index in [-0.39, 0.29) is 18.4 Å². The molecular weight excluding hydrogens is 283 g/mol. The predicted molar refractivity (Wildman–Crippen MR) is 83.1 cm³/mol. The van der Waals surface area contributed by atoms with E-state index in [1.807, 2.05) is 30.6 Å². The molecule has 0 aliphatic carbocycles. The van der Waals surface area contributed by atoms with Crippen LogP contribution < -0.4 is 5.32 Å². The van der Waals surface area contributed by atoms with Crippen molar-refractivity contribution in [3.63, 3.8) is 0 Å². The molecule has 0 bridgehead atoms. The van der Waals surface area contributed by atoms with Crippen LogP contribution in [0.2, 0.25) is 0 Å². The van der Waals surface area contributed by atoms with Gasteiger partial charge in [0.15, 0.2) is 0 Å². The minimum Gasteiger partial charge on any atom is -0.338 e. The Morgan fingerprint density at radius 2 is 2.23 bits per heavy atom. The third-order valence-electron chi connectivity index (χ3n) is 3.77. The molecular formula is C16H19FN4O. The second kappa shape index (κ2) is 6.60. The van der Waals surface area contributed by atoms with Crippen molar-refractivity contribution in [2.45, 2.75) is 19.4 Å². The van der Waals surface area contributed by atoms with Crippen molar-refractivity contribution in [1.82, 2.24) is 19.8 Å². The molecule has 0 radical (unpaired) electrons. The third-order valence-corrected chi connectivity index (χ3v) is 3.77. The number of carbonyl (C=O) groups excluding carboxylic acids is 1. The van der Waals surface area contributed by atoms with Crippen LogP contribution in [-0.2, 0) is 6.54 Å². The van der Waals surface area contributed by atoms with Gasteiger partial charge in [0.2, 0.25) is 0 Å². The van der Waals surface area contributed by atoms with Gasteiger partial charge in [0.05, 0.1) is 23.9 Å². The van der Waals surface area contributed by atoms with Crippen LogP contribution in [-0.4, -0.2) is 40.1 Å². The summed E-state index contributed by atoms with van der Waals surface area (Å²) in [7, 11) is 0. The lowest BCUT2D eigenvalue weighted by atomic mass is 10.2. The van der Waals surface area contributed by atoms with Gasteiger partial charge in [0.25, 0.3) is 0 Å². The summed E-state index contributed by atoms with van der Waals surface area (Å²) in [4.78, 5) is 17.8. The number of halogens is 1. The summed E-state index contributed by atoms with van der Waals surface area (Å²) in [5.41, 5.74) is 2.07. The summed E-state index contributed by atoms with van der Waals surface area (Å²) in [5.74, 6) is -0.230. The molecule has 1 aromatic carbocycles. The van der Waals surface area contributed by atoms with E-state index in [1.54, 1.807) is 0 Å². The highest BCUT2D eigenvalue weighted by Crippen LogP contribution is 2.12. The van der Waals surface area contributed by atoms with Crippen molar-refractivity contribution in [1.29, 1.82) is 0 Å². The maximum atomic E-state index is 13.1. The Balaban J connectivity index is 1.46. The van der Waals surface area contributed by atoms with Crippen molar-refractivity contribution in [2.24, 2.45) is 0 Å². The van der Waals surface area contributed by atoms with Gasteiger partial charge < -0.3 is 14.8 Å². The zero-order valence-corrected chi connectivity index (χ0v) is 12.3. The van der Waals surface area contributed by atoms with Crippen molar-refractivity contribution in [3.8, 4) is 0 Å². The van der Waals surface area contributed by atoms with E-state index in [2.05, 4.69) is 14.9 Å². The van der Waals surface area contributed by atoms with E-state index in [0.717, 1.165) is 24.0 Å². The lowest BCUT2D eigenvalue weighted by Crippen LogP contribution is -2.42. The van der Waals surface area contributed by atoms with Gasteiger partial charge in [-0.3, -0.25) is 0 Å². The van der Waals surface area contributed by atoms with Crippen LogP contribution in [0.15, 0.2) is 42.5 Å². The SMILES string of the molecule is O=C(NCCCn1cnc2ccccc21)N1CCC=C(F)C1. The minimum atomic E-state index is -0.230. The van der Waals surface area contributed by atoms with Gasteiger partial charge in [0.1, 0.15) is 5.83 Å². The standard InChI is InChI=1S/C16H19FN4O/c17-13-5-3-9-20(11-13)16(22)18-8-4-10-21-12-19-14-6-1-2-7-15(14)21/h1-2,5-7,12H,3-4,8-11H2,(H,18,22). The molecule has 0 spiro atoms. The summed E-state index contributed by atoms with van der Waals surface area (Å²) in [6, 6.07) is 7.77. The van der Waals surface area contributed by atoms with Gasteiger partial charge in [0, 0.05) is 19.6 Å². The molecule has 1 aliphatic rings. The largest absolute Gasteiger partial charge is 0.338 e. The first-order chi connectivity index (χ1) is 10.7. The Kier molecular flexibility index (Phi) is 4.37. The molecule has 2 amide bonds. The quantitative estimate of drug-likeness (QED) is 0.883. The molecule has 1 aliphatic heterocycles. The number of benzene rings is 1. The summed E-state index contributed by atoms with van der Waals surface area (Å²) in [6.45, 7) is 2.01. The fourth-order valence-electron chi connectivity index (χ4n) is 2.62. The Morgan fingerprint density at radius 3 is 3.09 bits per heavy atom. The molecule has 0 saturated carbocycles. The summed E-state index contributed by atoms with van der Waals surface area (Å²) < 4.78 is 15.2. The van der Waals surface area contributed by atoms with Gasteiger partial charge in [-0.25, -0.2) is 14.2 Å². The topological polar surface area (TPSA) is 50.2 Å². The average molecular weight is 302 g/mol. The fraction of sp³-hybridized carbons (Fsp3) is 0.375. The number of fused-ring (bicyclic) bond motifs is 1. The lowest BCUT2D eigenvalue weighted by Gasteiger charge is -2.24. The number of hydrogen-bond acceptors (Lipinski definition) is 2. The summed E-state index contributed by atoms with van der Waals surface area (Å²) >= 11 is 0. The first-order valence-electron chi connectivity index (χ1n) is 7.51. The van der Waals surface area contributed by atoms with E-state index in [0.29, 0.717) is 19.5 Å². The first-order valence-corrected chi connectivity index (χ1v) is 7.51. The van der Waals surface area contributed by atoms with Gasteiger partial charge >= 0.3 is 6.03 Å². The second-order valence-electron chi connectivity index (χ2n) is 5.37. The normalized spacial score (nSPS) is 15.0. The van der Waals surface area contributed by atoms with Crippen LogP contribution >= 0.6 is 0 Å². The number of hydrogen-bond donors (Lipinski definition) is 1. The minimum absolute atomic E-state index is 0.0813. The Hall–Kier alpha value is -2.37. The average Bonchev–Trinajstić information content (AvgIpc) is 2.95. The molecule has 2 heterocycles. The van der Waals surface area contributed by atoms with Gasteiger partial charge in [-0.2, -0.15) is 0 Å². The van der Waals surface area contributed by atoms with Crippen molar-refractivity contribution >= 4 is 17.1 Å². The number of nitrogens with one attached hydrogen (secondary N) is 1. The third kappa shape index (κ3) is 3.27. The number of para-hydroxylation sites is 2. The number of imidazole rings is 1. The molecule has 5 nitrogen and oxygen atoms in total. The maximum absolute atomic E-state index is 13.1. The molecule has 0 saturated heterocycles. The summed E-state index contributed by atoms with van der Waals surface area (Å²) in [6.07, 6.45) is 4.74. The van der Waals surface area contributed by atoms with Crippen molar-refractivity contribution < 1.29 is 9.18 Å². The maximum Gasteiger partial charge on any atom is 0.317 e. The van der Waals surface area contributed by atoms with Gasteiger partial charge in [-0.1, -0.05) is 12.1 Å². The second-order valence-corrected chi connectivity index (χ2v) is 5.37. The van der Waals surface area contributed by atoms with Crippen LogP contribution in [0.25, 0.3) is 11.0 Å². The molecule has 1 aromatic heterocycles. The Labute approximate surface area is 128 Å². The number of aromatic nitrogens is 2. The zero-order valence-electron chi connectivity index (χ0n) is 12.3. The smallest absolute Gasteiger partial charge is 0.317 e. The van der Waals surface area contributed by atoms with E-state index in [4.69, 9.17) is 0 Å². The monoisotopic (exact) mass is 302 g/mol. The first kappa shape index (κ1) is 14.6. The highest BCUT2D eigenvalue weighted by Gasteiger charge is 2.17. The molecule has 3 rings (SSSR count). The highest BCUT2D eigenvalue weighted by molar-refractivity contribution is 5.75. The number of rotatable bonds is 4. The highest BCUT2D eigenvalue weighted by atomic mass is 19.1. The zero-order chi connectivity index (χ0) is 15.4. The number of urea groups is 1. The molecule has 0 unspecified atom stereocenters. The summed E-state index contributed by atoms with van der Waals surface area (Å²) in [5, 5.41) is 2.84. The molecule has 22 heavy (non-hydrogen) atoms. The number of nitrogens with zero attached hydrogens (tertiary/aromatic N) is 3. The molecule has 116 valence electrons. The van der Waals surface area contributed by atoms with Crippen LogP contribution in [0.1, 0.15) is 12.8 Å². The predicted octanol–water partition coefficient (Wildman–Crippen LogP) is 2.70. The molecule has 0 atom stereocenters. The van der Waals surface area contributed by atoms with E-state index in [9.17, 15) is 9.18 Å². The van der Waals surface area contributed by atoms with Gasteiger partial charge in [-0.05, 0) is 31.1 Å². The van der Waals surface area contributed by atoms with Crippen LogP contribution in [0.5, 0.6) is 0 Å². The lowest BCUT2D eigenvalue weighted by molar-refractivity contribution is 0.196. The van der Waals surface area contributed by atoms with E-state index >= 15 is 0 Å². The van der Waals surface area contributed by atoms with E-state index < -0.39 is 0 Å². The van der Waals surface area contributed by atoms with Crippen molar-refractivity contribution in [3.05, 3.63) is 42.5 Å². The Bertz CT molecular complexity index is 694. The van der Waals surface area contributed by atoms with Gasteiger partial charge in [-0.15, -0.1) is 0 Å². The number of aryl methyl sites for hydroxylation is 1. The van der Waals surface area contributed by atoms with Crippen LogP contribution in [0.3, 0.4) is 0 Å². The molecule has 2 aromatic rings. The molecule has 0 fully saturated rings. The molecule has 6 heteroatoms. The molecule has 1 N–H and O–H groups in total. The van der Waals surface area contributed by atoms with E-state index in [1.165, 1.54) is 11.0 Å². The number of carbonyl (C=O) groups is 1. The Morgan fingerprint density at radius 1 is 1.36 bits per heavy atom. The van der Waals surface area contributed by atoms with Crippen LogP contribution in [0.4, 0.5) is 9.18 Å². The van der Waals surface area contributed by atoms with Crippen molar-refractivity contribution in [2.75, 3.05) is 19.6 Å².